The number of fused-ring (bicyclic) bond motifs is 9. The fourth-order valence-corrected chi connectivity index (χ4v) is 10.7. The fraction of sp³-hybridized carbons (Fsp3) is 0.0656. The van der Waals surface area contributed by atoms with Gasteiger partial charge in [-0.1, -0.05) is 220 Å². The van der Waals surface area contributed by atoms with Crippen molar-refractivity contribution in [1.82, 2.24) is 15.0 Å². The number of rotatable bonds is 6. The smallest absolute Gasteiger partial charge is 0.164 e. The highest BCUT2D eigenvalue weighted by atomic mass is 15.0. The monoisotopic (exact) mass is 817 g/mol. The molecule has 0 bridgehead atoms. The van der Waals surface area contributed by atoms with Gasteiger partial charge in [0.15, 0.2) is 17.5 Å². The number of benzene rings is 9. The van der Waals surface area contributed by atoms with Crippen LogP contribution in [0.1, 0.15) is 47.2 Å². The van der Waals surface area contributed by atoms with Crippen LogP contribution in [-0.4, -0.2) is 15.0 Å². The minimum atomic E-state index is -0.469. The van der Waals surface area contributed by atoms with Gasteiger partial charge in [0.2, 0.25) is 0 Å². The molecule has 1 heterocycles. The van der Waals surface area contributed by atoms with Crippen molar-refractivity contribution < 1.29 is 0 Å². The second-order valence-electron chi connectivity index (χ2n) is 17.5. The van der Waals surface area contributed by atoms with Crippen molar-refractivity contribution in [1.29, 1.82) is 0 Å². The third kappa shape index (κ3) is 5.85. The van der Waals surface area contributed by atoms with Gasteiger partial charge < -0.3 is 0 Å². The van der Waals surface area contributed by atoms with Gasteiger partial charge in [-0.05, 0) is 96.1 Å². The lowest BCUT2D eigenvalue weighted by Gasteiger charge is -2.46. The molecule has 0 atom stereocenters. The molecule has 0 unspecified atom stereocenters. The zero-order chi connectivity index (χ0) is 42.8. The molecule has 1 aromatic heterocycles. The zero-order valence-electron chi connectivity index (χ0n) is 35.7. The Morgan fingerprint density at radius 3 is 1.12 bits per heavy atom. The summed E-state index contributed by atoms with van der Waals surface area (Å²) in [6.07, 6.45) is 0. The molecule has 1 spiro atoms. The molecule has 302 valence electrons. The van der Waals surface area contributed by atoms with Crippen molar-refractivity contribution in [3.63, 3.8) is 0 Å². The van der Waals surface area contributed by atoms with Crippen LogP contribution in [0, 0.1) is 0 Å². The Hall–Kier alpha value is -8.01. The summed E-state index contributed by atoms with van der Waals surface area (Å²) < 4.78 is 0. The van der Waals surface area contributed by atoms with Crippen LogP contribution in [0.4, 0.5) is 0 Å². The second-order valence-corrected chi connectivity index (χ2v) is 17.5. The van der Waals surface area contributed by atoms with E-state index in [0.717, 1.165) is 44.5 Å². The molecule has 0 N–H and O–H groups in total. The van der Waals surface area contributed by atoms with Gasteiger partial charge in [0.05, 0.1) is 5.41 Å². The molecule has 2 aliphatic rings. The molecule has 0 aliphatic heterocycles. The van der Waals surface area contributed by atoms with Gasteiger partial charge in [0.1, 0.15) is 0 Å². The van der Waals surface area contributed by atoms with Gasteiger partial charge >= 0.3 is 0 Å². The highest BCUT2D eigenvalue weighted by Crippen LogP contribution is 2.63. The minimum Gasteiger partial charge on any atom is -0.208 e. The Bertz CT molecular complexity index is 3270. The average Bonchev–Trinajstić information content (AvgIpc) is 3.67. The molecule has 0 radical (unpaired) electrons. The lowest BCUT2D eigenvalue weighted by molar-refractivity contribution is 0.563. The summed E-state index contributed by atoms with van der Waals surface area (Å²) in [5, 5.41) is 0. The maximum Gasteiger partial charge on any atom is 0.164 e. The molecular formula is C61H43N3. The first kappa shape index (κ1) is 37.7. The van der Waals surface area contributed by atoms with E-state index in [2.05, 4.69) is 226 Å². The normalized spacial score (nSPS) is 13.7. The number of aromatic nitrogens is 3. The van der Waals surface area contributed by atoms with Gasteiger partial charge in [0.25, 0.3) is 0 Å². The Balaban J connectivity index is 1.04. The molecule has 0 saturated heterocycles. The number of nitrogens with zero attached hydrogens (tertiary/aromatic N) is 3. The minimum absolute atomic E-state index is 0.157. The van der Waals surface area contributed by atoms with E-state index in [4.69, 9.17) is 15.0 Å². The van der Waals surface area contributed by atoms with Crippen molar-refractivity contribution in [2.45, 2.75) is 24.7 Å². The molecule has 9 aromatic carbocycles. The Morgan fingerprint density at radius 2 is 0.609 bits per heavy atom. The first-order valence-corrected chi connectivity index (χ1v) is 22.1. The second kappa shape index (κ2) is 14.8. The Kier molecular flexibility index (Phi) is 8.74. The van der Waals surface area contributed by atoms with Gasteiger partial charge in [-0.25, -0.2) is 15.0 Å². The highest BCUT2D eigenvalue weighted by Gasteiger charge is 2.53. The molecule has 12 rings (SSSR count). The van der Waals surface area contributed by atoms with Crippen molar-refractivity contribution in [2.75, 3.05) is 0 Å². The molecule has 0 fully saturated rings. The standard InChI is InChI=1S/C61H43N3/c1-60(2)51-32-11-13-34-53(51)61(54-35-14-12-33-52(54)60)50-31-10-9-29-49(50)56-48(30-18-36-55(56)61)44-25-17-28-47(39-44)59-63-57(45-26-15-23-42(37-45)40-19-5-3-6-20-40)62-58(64-59)46-27-16-24-43(38-46)41-21-7-4-8-22-41/h3-39H,1-2H3. The van der Waals surface area contributed by atoms with E-state index in [1.165, 1.54) is 50.1 Å². The van der Waals surface area contributed by atoms with E-state index in [1.54, 1.807) is 0 Å². The first-order chi connectivity index (χ1) is 31.5. The maximum atomic E-state index is 5.27. The van der Waals surface area contributed by atoms with E-state index in [1.807, 2.05) is 12.1 Å². The summed E-state index contributed by atoms with van der Waals surface area (Å²) in [5.41, 5.74) is 19.6. The molecule has 0 amide bonds. The quantitative estimate of drug-likeness (QED) is 0.168. The van der Waals surface area contributed by atoms with Crippen LogP contribution in [0.3, 0.4) is 0 Å². The van der Waals surface area contributed by atoms with Crippen LogP contribution in [0.2, 0.25) is 0 Å². The van der Waals surface area contributed by atoms with Crippen LogP contribution in [0.5, 0.6) is 0 Å². The van der Waals surface area contributed by atoms with E-state index in [-0.39, 0.29) is 5.41 Å². The molecule has 3 nitrogen and oxygen atoms in total. The zero-order valence-corrected chi connectivity index (χ0v) is 35.7. The molecule has 0 saturated carbocycles. The van der Waals surface area contributed by atoms with Gasteiger partial charge in [0, 0.05) is 22.1 Å². The third-order valence-electron chi connectivity index (χ3n) is 13.6. The third-order valence-corrected chi connectivity index (χ3v) is 13.6. The van der Waals surface area contributed by atoms with Crippen molar-refractivity contribution in [2.24, 2.45) is 0 Å². The highest BCUT2D eigenvalue weighted by molar-refractivity contribution is 5.97. The average molecular weight is 818 g/mol. The maximum absolute atomic E-state index is 5.27. The van der Waals surface area contributed by atoms with E-state index in [0.29, 0.717) is 17.5 Å². The summed E-state index contributed by atoms with van der Waals surface area (Å²) in [5.74, 6) is 1.88. The van der Waals surface area contributed by atoms with Gasteiger partial charge in [-0.15, -0.1) is 0 Å². The summed E-state index contributed by atoms with van der Waals surface area (Å²) in [6.45, 7) is 4.75. The van der Waals surface area contributed by atoms with Crippen LogP contribution in [0.15, 0.2) is 224 Å². The van der Waals surface area contributed by atoms with Crippen LogP contribution >= 0.6 is 0 Å². The summed E-state index contributed by atoms with van der Waals surface area (Å²) in [4.78, 5) is 15.7. The first-order valence-electron chi connectivity index (χ1n) is 22.1. The lowest BCUT2D eigenvalue weighted by Crippen LogP contribution is -2.40. The van der Waals surface area contributed by atoms with E-state index >= 15 is 0 Å². The molecular weight excluding hydrogens is 775 g/mol. The summed E-state index contributed by atoms with van der Waals surface area (Å²) in [7, 11) is 0. The molecule has 10 aromatic rings. The van der Waals surface area contributed by atoms with Crippen molar-refractivity contribution in [3.05, 3.63) is 258 Å². The number of hydrogen-bond donors (Lipinski definition) is 0. The van der Waals surface area contributed by atoms with Crippen LogP contribution in [0.25, 0.3) is 78.7 Å². The summed E-state index contributed by atoms with van der Waals surface area (Å²) in [6, 6.07) is 80.9. The lowest BCUT2D eigenvalue weighted by atomic mass is 9.55. The van der Waals surface area contributed by atoms with Crippen LogP contribution < -0.4 is 0 Å². The Labute approximate surface area is 374 Å². The van der Waals surface area contributed by atoms with E-state index < -0.39 is 5.41 Å². The largest absolute Gasteiger partial charge is 0.208 e. The molecule has 64 heavy (non-hydrogen) atoms. The van der Waals surface area contributed by atoms with Crippen molar-refractivity contribution in [3.8, 4) is 78.7 Å². The van der Waals surface area contributed by atoms with Gasteiger partial charge in [-0.2, -0.15) is 0 Å². The number of hydrogen-bond acceptors (Lipinski definition) is 3. The molecule has 3 heteroatoms. The SMILES string of the molecule is CC1(C)c2ccccc2C2(c3ccccc3-c3c(-c4cccc(-c5nc(-c6cccc(-c7ccccc7)c6)nc(-c6cccc(-c7ccccc7)c6)n5)c4)cccc32)c2ccccc21. The predicted molar refractivity (Wildman–Crippen MR) is 262 cm³/mol. The molecule has 2 aliphatic carbocycles. The Morgan fingerprint density at radius 1 is 0.266 bits per heavy atom. The predicted octanol–water partition coefficient (Wildman–Crippen LogP) is 14.9. The van der Waals surface area contributed by atoms with Crippen molar-refractivity contribution >= 4 is 0 Å². The topological polar surface area (TPSA) is 38.7 Å². The summed E-state index contributed by atoms with van der Waals surface area (Å²) >= 11 is 0. The fourth-order valence-electron chi connectivity index (χ4n) is 10.7. The van der Waals surface area contributed by atoms with E-state index in [9.17, 15) is 0 Å². The van der Waals surface area contributed by atoms with Crippen LogP contribution in [-0.2, 0) is 10.8 Å². The van der Waals surface area contributed by atoms with Gasteiger partial charge in [-0.3, -0.25) is 0 Å².